The Morgan fingerprint density at radius 1 is 0.633 bits per heavy atom. The highest BCUT2D eigenvalue weighted by molar-refractivity contribution is 5.95. The van der Waals surface area contributed by atoms with E-state index < -0.39 is 0 Å². The standard InChI is InChI=1S/C24H31N3O4.C22H29N3O4/c1-29-12-3-13-30-22-14-17(9-11-23(28)27-24(25)26)8-10-21(22)19-4-2-5-20(15-19)31-16-18-6-7-18;1-3-28-18-7-4-6-17(15-18)19-10-8-16(9-11-21(26)25-22(23)24)14-20(19)29-13-5-12-27-2/h2,4-5,8,10,14-15,18H,3,6-7,9,11-13,16H2,1H3,(H4,25,26,27,28);4,6-8,10,14-15H,3,5,9,11-13H2,1-2H3,(H4,23,24,25,26). The number of nitrogens with one attached hydrogen (secondary N) is 4. The lowest BCUT2D eigenvalue weighted by molar-refractivity contribution is -0.120. The van der Waals surface area contributed by atoms with Crippen LogP contribution in [0.3, 0.4) is 0 Å². The molecule has 0 aromatic heterocycles. The topological polar surface area (TPSA) is 213 Å². The maximum absolute atomic E-state index is 11.8. The van der Waals surface area contributed by atoms with E-state index in [2.05, 4.69) is 10.6 Å². The Labute approximate surface area is 353 Å². The number of carbonyl (C=O) groups is 2. The molecule has 5 rings (SSSR count). The molecule has 0 atom stereocenters. The minimum Gasteiger partial charge on any atom is -0.494 e. The predicted molar refractivity (Wildman–Crippen MR) is 234 cm³/mol. The van der Waals surface area contributed by atoms with Gasteiger partial charge >= 0.3 is 0 Å². The van der Waals surface area contributed by atoms with E-state index in [0.29, 0.717) is 51.8 Å². The number of rotatable bonds is 23. The summed E-state index contributed by atoms with van der Waals surface area (Å²) in [6.45, 7) is 5.64. The van der Waals surface area contributed by atoms with Crippen molar-refractivity contribution in [3.05, 3.63) is 96.1 Å². The van der Waals surface area contributed by atoms with Gasteiger partial charge in [0.05, 0.1) is 26.4 Å². The molecule has 1 saturated carbocycles. The summed E-state index contributed by atoms with van der Waals surface area (Å²) in [5.74, 6) is 2.63. The van der Waals surface area contributed by atoms with Gasteiger partial charge in [-0.05, 0) is 97.2 Å². The number of hydrogen-bond acceptors (Lipinski definition) is 10. The van der Waals surface area contributed by atoms with Crippen LogP contribution in [0, 0.1) is 16.7 Å². The van der Waals surface area contributed by atoms with Crippen LogP contribution >= 0.6 is 0 Å². The number of aryl methyl sites for hydroxylation is 2. The fourth-order valence-electron chi connectivity index (χ4n) is 6.04. The Kier molecular flexibility index (Phi) is 19.7. The van der Waals surface area contributed by atoms with Gasteiger partial charge in [0.15, 0.2) is 11.9 Å². The minimum absolute atomic E-state index is 0.238. The lowest BCUT2D eigenvalue weighted by atomic mass is 10.0. The number of carbonyl (C=O) groups excluding carboxylic acids is 2. The lowest BCUT2D eigenvalue weighted by Gasteiger charge is -2.15. The second kappa shape index (κ2) is 25.4. The Morgan fingerprint density at radius 2 is 1.10 bits per heavy atom. The van der Waals surface area contributed by atoms with Gasteiger partial charge < -0.3 is 39.9 Å². The molecule has 0 spiro atoms. The molecule has 322 valence electrons. The second-order valence-corrected chi connectivity index (χ2v) is 14.2. The van der Waals surface area contributed by atoms with E-state index in [1.807, 2.05) is 91.9 Å². The summed E-state index contributed by atoms with van der Waals surface area (Å²) in [6, 6.07) is 27.8. The van der Waals surface area contributed by atoms with Gasteiger partial charge in [-0.2, -0.15) is 0 Å². The van der Waals surface area contributed by atoms with E-state index in [1.54, 1.807) is 14.2 Å². The molecular formula is C46H60N6O8. The van der Waals surface area contributed by atoms with Crippen LogP contribution in [0.25, 0.3) is 22.3 Å². The van der Waals surface area contributed by atoms with Gasteiger partial charge in [-0.15, -0.1) is 0 Å². The van der Waals surface area contributed by atoms with E-state index in [9.17, 15) is 9.59 Å². The Bertz CT molecular complexity index is 2000. The highest BCUT2D eigenvalue weighted by Crippen LogP contribution is 2.36. The molecule has 1 aliphatic carbocycles. The number of amides is 2. The van der Waals surface area contributed by atoms with E-state index in [1.165, 1.54) is 12.8 Å². The van der Waals surface area contributed by atoms with Crippen molar-refractivity contribution in [2.24, 2.45) is 17.4 Å². The number of benzene rings is 4. The molecule has 4 aromatic rings. The molecule has 4 aromatic carbocycles. The van der Waals surface area contributed by atoms with Crippen LogP contribution in [0.15, 0.2) is 84.9 Å². The van der Waals surface area contributed by atoms with Gasteiger partial charge in [0.1, 0.15) is 23.0 Å². The number of nitrogens with two attached hydrogens (primary N) is 2. The number of guanidine groups is 2. The maximum atomic E-state index is 11.8. The number of methoxy groups -OCH3 is 2. The monoisotopic (exact) mass is 824 g/mol. The fraction of sp³-hybridized carbons (Fsp3) is 0.391. The van der Waals surface area contributed by atoms with Crippen LogP contribution in [-0.2, 0) is 31.9 Å². The van der Waals surface area contributed by atoms with Crippen molar-refractivity contribution in [3.8, 4) is 45.3 Å². The summed E-state index contributed by atoms with van der Waals surface area (Å²) in [7, 11) is 3.34. The largest absolute Gasteiger partial charge is 0.494 e. The lowest BCUT2D eigenvalue weighted by Crippen LogP contribution is -2.35. The molecule has 1 fully saturated rings. The number of ether oxygens (including phenoxy) is 6. The molecule has 0 saturated heterocycles. The molecule has 0 unspecified atom stereocenters. The van der Waals surface area contributed by atoms with Crippen LogP contribution < -0.4 is 41.0 Å². The Morgan fingerprint density at radius 3 is 1.52 bits per heavy atom. The normalized spacial score (nSPS) is 11.7. The van der Waals surface area contributed by atoms with Gasteiger partial charge in [0.2, 0.25) is 11.8 Å². The molecule has 14 heteroatoms. The van der Waals surface area contributed by atoms with Crippen LogP contribution in [-0.4, -0.2) is 77.6 Å². The van der Waals surface area contributed by atoms with Gasteiger partial charge in [-0.3, -0.25) is 31.0 Å². The zero-order valence-electron chi connectivity index (χ0n) is 35.0. The maximum Gasteiger partial charge on any atom is 0.226 e. The summed E-state index contributed by atoms with van der Waals surface area (Å²) < 4.78 is 33.9. The van der Waals surface area contributed by atoms with Crippen molar-refractivity contribution in [1.82, 2.24) is 10.6 Å². The van der Waals surface area contributed by atoms with Gasteiger partial charge in [0, 0.05) is 64.2 Å². The van der Waals surface area contributed by atoms with E-state index in [4.69, 9.17) is 50.7 Å². The van der Waals surface area contributed by atoms with Gasteiger partial charge in [-0.1, -0.05) is 48.5 Å². The molecule has 0 bridgehead atoms. The molecule has 0 radical (unpaired) electrons. The number of hydrogen-bond donors (Lipinski definition) is 6. The molecule has 2 amide bonds. The third-order valence-corrected chi connectivity index (χ3v) is 9.21. The molecule has 0 heterocycles. The quantitative estimate of drug-likeness (QED) is 0.0268. The summed E-state index contributed by atoms with van der Waals surface area (Å²) >= 11 is 0. The molecule has 0 aliphatic heterocycles. The van der Waals surface area contributed by atoms with E-state index in [0.717, 1.165) is 75.8 Å². The van der Waals surface area contributed by atoms with Crippen LogP contribution in [0.4, 0.5) is 0 Å². The highest BCUT2D eigenvalue weighted by Gasteiger charge is 2.22. The Hall–Kier alpha value is -6.12. The first kappa shape index (κ1) is 46.6. The van der Waals surface area contributed by atoms with Gasteiger partial charge in [-0.25, -0.2) is 0 Å². The van der Waals surface area contributed by atoms with Crippen molar-refractivity contribution in [1.29, 1.82) is 10.8 Å². The molecule has 1 aliphatic rings. The third kappa shape index (κ3) is 17.0. The summed E-state index contributed by atoms with van der Waals surface area (Å²) in [5.41, 5.74) is 16.3. The smallest absolute Gasteiger partial charge is 0.226 e. The first-order valence-electron chi connectivity index (χ1n) is 20.3. The first-order valence-corrected chi connectivity index (χ1v) is 20.3. The average Bonchev–Trinajstić information content (AvgIpc) is 4.07. The van der Waals surface area contributed by atoms with Crippen molar-refractivity contribution >= 4 is 23.7 Å². The van der Waals surface area contributed by atoms with Crippen molar-refractivity contribution in [3.63, 3.8) is 0 Å². The summed E-state index contributed by atoms with van der Waals surface area (Å²) in [5, 5.41) is 18.9. The van der Waals surface area contributed by atoms with E-state index in [-0.39, 0.29) is 36.6 Å². The summed E-state index contributed by atoms with van der Waals surface area (Å²) in [4.78, 5) is 23.6. The van der Waals surface area contributed by atoms with Crippen LogP contribution in [0.2, 0.25) is 0 Å². The van der Waals surface area contributed by atoms with E-state index >= 15 is 0 Å². The zero-order chi connectivity index (χ0) is 43.1. The highest BCUT2D eigenvalue weighted by atomic mass is 16.5. The summed E-state index contributed by atoms with van der Waals surface area (Å²) in [6.07, 6.45) is 5.60. The van der Waals surface area contributed by atoms with Crippen LogP contribution in [0.5, 0.6) is 23.0 Å². The van der Waals surface area contributed by atoms with Crippen LogP contribution in [0.1, 0.15) is 56.6 Å². The third-order valence-electron chi connectivity index (χ3n) is 9.21. The van der Waals surface area contributed by atoms with Crippen molar-refractivity contribution in [2.75, 3.05) is 53.9 Å². The zero-order valence-corrected chi connectivity index (χ0v) is 35.0. The molecule has 60 heavy (non-hydrogen) atoms. The first-order chi connectivity index (χ1) is 29.1. The minimum atomic E-state index is -0.346. The predicted octanol–water partition coefficient (Wildman–Crippen LogP) is 6.61. The molecule has 14 nitrogen and oxygen atoms in total. The van der Waals surface area contributed by atoms with Gasteiger partial charge in [0.25, 0.3) is 0 Å². The average molecular weight is 825 g/mol. The SMILES string of the molecule is CCOc1cccc(-c2ccc(CCC(=O)NC(=N)N)cc2OCCCOC)c1.COCCCOc1cc(CCC(=O)NC(=N)N)ccc1-c1cccc(OCC2CC2)c1. The molecular weight excluding hydrogens is 765 g/mol. The van der Waals surface area contributed by atoms with Crippen molar-refractivity contribution < 1.29 is 38.0 Å². The van der Waals surface area contributed by atoms with Crippen molar-refractivity contribution in [2.45, 2.75) is 58.3 Å². The second-order valence-electron chi connectivity index (χ2n) is 14.2. The fourth-order valence-corrected chi connectivity index (χ4v) is 6.04. The molecule has 8 N–H and O–H groups in total. The Balaban J connectivity index is 0.000000265.